The third-order valence-corrected chi connectivity index (χ3v) is 7.02. The lowest BCUT2D eigenvalue weighted by Crippen LogP contribution is -2.16. The predicted octanol–water partition coefficient (Wildman–Crippen LogP) is 6.09. The largest absolute Gasteiger partial charge is 0.490 e. The van der Waals surface area contributed by atoms with Gasteiger partial charge in [-0.3, -0.25) is 4.98 Å². The number of nitriles is 1. The molecule has 5 rings (SSSR count). The number of hydrogen-bond acceptors (Lipinski definition) is 3. The van der Waals surface area contributed by atoms with Crippen LogP contribution in [0.5, 0.6) is 0 Å². The van der Waals surface area contributed by atoms with Gasteiger partial charge in [0.05, 0.1) is 17.4 Å². The lowest BCUT2D eigenvalue weighted by molar-refractivity contribution is 0.157. The molecule has 0 N–H and O–H groups in total. The first kappa shape index (κ1) is 19.1. The van der Waals surface area contributed by atoms with E-state index in [1.165, 1.54) is 42.4 Å². The summed E-state index contributed by atoms with van der Waals surface area (Å²) in [4.78, 5) is 4.91. The van der Waals surface area contributed by atoms with E-state index >= 15 is 0 Å². The van der Waals surface area contributed by atoms with Gasteiger partial charge in [-0.25, -0.2) is 0 Å². The summed E-state index contributed by atoms with van der Waals surface area (Å²) < 4.78 is 5.75. The van der Waals surface area contributed by atoms with Crippen LogP contribution in [0.3, 0.4) is 0 Å². The Morgan fingerprint density at radius 1 is 1.37 bits per heavy atom. The molecule has 3 nitrogen and oxygen atoms in total. The van der Waals surface area contributed by atoms with Crippen LogP contribution in [0.2, 0.25) is 0 Å². The van der Waals surface area contributed by atoms with Crippen molar-refractivity contribution >= 4 is 5.57 Å². The average molecular weight is 397 g/mol. The molecule has 0 saturated heterocycles. The first-order valence-electron chi connectivity index (χ1n) is 11.0. The quantitative estimate of drug-likeness (QED) is 0.337. The molecule has 152 valence electrons. The van der Waals surface area contributed by atoms with E-state index in [1.807, 2.05) is 26.8 Å². The van der Waals surface area contributed by atoms with Gasteiger partial charge in [0.2, 0.25) is 0 Å². The minimum absolute atomic E-state index is 0.00428. The second-order valence-electron chi connectivity index (χ2n) is 9.24. The van der Waals surface area contributed by atoms with Crippen molar-refractivity contribution < 1.29 is 4.74 Å². The highest BCUT2D eigenvalue weighted by molar-refractivity contribution is 5.75. The zero-order valence-electron chi connectivity index (χ0n) is 18.1. The van der Waals surface area contributed by atoms with Crippen LogP contribution in [0.4, 0.5) is 0 Å². The molecule has 1 saturated carbocycles. The van der Waals surface area contributed by atoms with E-state index in [9.17, 15) is 5.26 Å². The number of allylic oxidation sites excluding steroid dienone is 8. The van der Waals surface area contributed by atoms with Crippen molar-refractivity contribution in [3.8, 4) is 6.07 Å². The first-order valence-corrected chi connectivity index (χ1v) is 11.0. The van der Waals surface area contributed by atoms with Crippen molar-refractivity contribution in [3.63, 3.8) is 0 Å². The molecular weight excluding hydrogens is 368 g/mol. The molecule has 0 bridgehead atoms. The van der Waals surface area contributed by atoms with E-state index in [4.69, 9.17) is 9.72 Å². The number of aromatic nitrogens is 1. The Bertz CT molecular complexity index is 1120. The molecule has 4 aliphatic rings. The van der Waals surface area contributed by atoms with Crippen LogP contribution in [0.1, 0.15) is 68.8 Å². The van der Waals surface area contributed by atoms with Gasteiger partial charge in [0.25, 0.3) is 0 Å². The Kier molecular flexibility index (Phi) is 4.36. The molecule has 4 aliphatic carbocycles. The summed E-state index contributed by atoms with van der Waals surface area (Å²) in [5.41, 5.74) is 10.4. The SMILES string of the molecule is C=C/C(OC(C)C)=C(C#N)\C=C(/C)c1ncc(C23CC2C=CC2=C3CCC2)c2c1C2. The number of rotatable bonds is 6. The Hall–Kier alpha value is -2.86. The third kappa shape index (κ3) is 2.82. The van der Waals surface area contributed by atoms with E-state index in [0.29, 0.717) is 17.3 Å². The summed E-state index contributed by atoms with van der Waals surface area (Å²) >= 11 is 0. The van der Waals surface area contributed by atoms with E-state index < -0.39 is 0 Å². The second-order valence-corrected chi connectivity index (χ2v) is 9.24. The number of pyridine rings is 1. The maximum atomic E-state index is 9.65. The monoisotopic (exact) mass is 396 g/mol. The lowest BCUT2D eigenvalue weighted by Gasteiger charge is -2.23. The van der Waals surface area contributed by atoms with Crippen LogP contribution in [-0.2, 0) is 16.6 Å². The molecule has 30 heavy (non-hydrogen) atoms. The normalized spacial score (nSPS) is 26.5. The van der Waals surface area contributed by atoms with Crippen LogP contribution < -0.4 is 0 Å². The van der Waals surface area contributed by atoms with Crippen LogP contribution in [0, 0.1) is 17.2 Å². The molecule has 2 atom stereocenters. The van der Waals surface area contributed by atoms with Gasteiger partial charge in [0.1, 0.15) is 11.8 Å². The number of nitrogens with zero attached hydrogens (tertiary/aromatic N) is 2. The van der Waals surface area contributed by atoms with Crippen molar-refractivity contribution in [2.45, 2.75) is 64.4 Å². The standard InChI is InChI=1S/C27H28N2O/c1-5-25(30-16(2)3)19(14-28)11-17(4)26-22-12-21(22)24(15-29-26)27-13-20(27)10-9-18-7-6-8-23(18)27/h5,9-11,15-16,20H,1,6-8,12-13H2,2-4H3/b17-11+,25-19-. The lowest BCUT2D eigenvalue weighted by atomic mass is 9.81. The van der Waals surface area contributed by atoms with Gasteiger partial charge >= 0.3 is 0 Å². The van der Waals surface area contributed by atoms with Crippen molar-refractivity contribution in [2.24, 2.45) is 5.92 Å². The molecule has 1 aromatic heterocycles. The highest BCUT2D eigenvalue weighted by atomic mass is 16.5. The van der Waals surface area contributed by atoms with Crippen molar-refractivity contribution in [3.05, 3.63) is 81.9 Å². The zero-order valence-corrected chi connectivity index (χ0v) is 18.1. The van der Waals surface area contributed by atoms with Gasteiger partial charge in [-0.05, 0) is 92.4 Å². The molecule has 1 fully saturated rings. The Balaban J connectivity index is 1.49. The Labute approximate surface area is 179 Å². The minimum Gasteiger partial charge on any atom is -0.490 e. The fourth-order valence-corrected chi connectivity index (χ4v) is 5.58. The van der Waals surface area contributed by atoms with E-state index in [2.05, 4.69) is 31.0 Å². The highest BCUT2D eigenvalue weighted by Gasteiger charge is 2.60. The topological polar surface area (TPSA) is 45.9 Å². The number of hydrogen-bond donors (Lipinski definition) is 0. The molecular formula is C27H28N2O. The predicted molar refractivity (Wildman–Crippen MR) is 120 cm³/mol. The average Bonchev–Trinajstić information content (AvgIpc) is 3.63. The minimum atomic E-state index is -0.00428. The van der Waals surface area contributed by atoms with Crippen molar-refractivity contribution in [2.75, 3.05) is 0 Å². The molecule has 0 aromatic carbocycles. The Morgan fingerprint density at radius 3 is 2.93 bits per heavy atom. The summed E-state index contributed by atoms with van der Waals surface area (Å²) in [5.74, 6) is 1.19. The maximum Gasteiger partial charge on any atom is 0.136 e. The van der Waals surface area contributed by atoms with Crippen LogP contribution in [-0.4, -0.2) is 11.1 Å². The first-order chi connectivity index (χ1) is 14.5. The van der Waals surface area contributed by atoms with E-state index in [1.54, 1.807) is 17.2 Å². The van der Waals surface area contributed by atoms with Gasteiger partial charge in [-0.1, -0.05) is 24.3 Å². The van der Waals surface area contributed by atoms with Gasteiger partial charge in [0.15, 0.2) is 0 Å². The van der Waals surface area contributed by atoms with Crippen molar-refractivity contribution in [1.29, 1.82) is 5.26 Å². The molecule has 1 heterocycles. The van der Waals surface area contributed by atoms with Crippen molar-refractivity contribution in [1.82, 2.24) is 4.98 Å². The van der Waals surface area contributed by atoms with Gasteiger partial charge < -0.3 is 4.74 Å². The molecule has 2 unspecified atom stereocenters. The highest BCUT2D eigenvalue weighted by Crippen LogP contribution is 2.67. The number of fused-ring (bicyclic) bond motifs is 3. The van der Waals surface area contributed by atoms with Crippen LogP contribution in [0.15, 0.2) is 59.6 Å². The van der Waals surface area contributed by atoms with Gasteiger partial charge in [-0.2, -0.15) is 5.26 Å². The van der Waals surface area contributed by atoms with Gasteiger partial charge in [-0.15, -0.1) is 0 Å². The van der Waals surface area contributed by atoms with Crippen LogP contribution >= 0.6 is 0 Å². The summed E-state index contributed by atoms with van der Waals surface area (Å²) in [5, 5.41) is 9.65. The van der Waals surface area contributed by atoms with E-state index in [0.717, 1.165) is 17.7 Å². The fraction of sp³-hybridized carbons (Fsp3) is 0.407. The molecule has 1 aromatic rings. The summed E-state index contributed by atoms with van der Waals surface area (Å²) in [6.07, 6.45) is 16.5. The second kappa shape index (κ2) is 6.84. The smallest absolute Gasteiger partial charge is 0.136 e. The van der Waals surface area contributed by atoms with E-state index in [-0.39, 0.29) is 11.5 Å². The zero-order chi connectivity index (χ0) is 21.0. The maximum absolute atomic E-state index is 9.65. The summed E-state index contributed by atoms with van der Waals surface area (Å²) in [6, 6.07) is 2.26. The number of ether oxygens (including phenoxy) is 1. The molecule has 0 aliphatic heterocycles. The van der Waals surface area contributed by atoms with Gasteiger partial charge in [0, 0.05) is 18.0 Å². The summed E-state index contributed by atoms with van der Waals surface area (Å²) in [6.45, 7) is 9.74. The molecule has 0 radical (unpaired) electrons. The fourth-order valence-electron chi connectivity index (χ4n) is 5.58. The van der Waals surface area contributed by atoms with Crippen LogP contribution in [0.25, 0.3) is 5.57 Å². The third-order valence-electron chi connectivity index (χ3n) is 7.02. The summed E-state index contributed by atoms with van der Waals surface area (Å²) in [7, 11) is 0. The Morgan fingerprint density at radius 2 is 2.20 bits per heavy atom. The molecule has 3 heteroatoms. The molecule has 0 spiro atoms. The molecule has 0 amide bonds.